The van der Waals surface area contributed by atoms with Crippen LogP contribution in [0.15, 0.2) is 29.2 Å². The van der Waals surface area contributed by atoms with Crippen LogP contribution in [-0.4, -0.2) is 69.3 Å². The molecule has 0 bridgehead atoms. The summed E-state index contributed by atoms with van der Waals surface area (Å²) in [6, 6.07) is 7.23. The zero-order chi connectivity index (χ0) is 20.3. The first-order valence-electron chi connectivity index (χ1n) is 10.5. The number of carbonyl (C=O) groups excluding carboxylic acids is 1. The molecular formula is C21H34N3O3S+. The third-order valence-electron chi connectivity index (χ3n) is 6.15. The number of benzene rings is 1. The van der Waals surface area contributed by atoms with Crippen LogP contribution in [0.1, 0.15) is 45.1 Å². The summed E-state index contributed by atoms with van der Waals surface area (Å²) in [4.78, 5) is 16.1. The quantitative estimate of drug-likeness (QED) is 0.789. The van der Waals surface area contributed by atoms with E-state index in [-0.39, 0.29) is 5.91 Å². The van der Waals surface area contributed by atoms with Gasteiger partial charge < -0.3 is 9.80 Å². The summed E-state index contributed by atoms with van der Waals surface area (Å²) in [5.41, 5.74) is 1.14. The summed E-state index contributed by atoms with van der Waals surface area (Å²) < 4.78 is 27.4. The van der Waals surface area contributed by atoms with Crippen LogP contribution in [-0.2, 0) is 14.8 Å². The van der Waals surface area contributed by atoms with Crippen molar-refractivity contribution in [2.75, 3.05) is 45.8 Å². The lowest BCUT2D eigenvalue weighted by atomic mass is 9.99. The van der Waals surface area contributed by atoms with Crippen molar-refractivity contribution in [1.29, 1.82) is 0 Å². The van der Waals surface area contributed by atoms with E-state index in [0.29, 0.717) is 49.5 Å². The third kappa shape index (κ3) is 4.93. The number of sulfonamides is 1. The van der Waals surface area contributed by atoms with Gasteiger partial charge in [-0.15, -0.1) is 0 Å². The molecule has 0 radical (unpaired) electrons. The minimum atomic E-state index is -3.46. The first kappa shape index (κ1) is 21.3. The summed E-state index contributed by atoms with van der Waals surface area (Å²) >= 11 is 0. The molecule has 0 unspecified atom stereocenters. The van der Waals surface area contributed by atoms with Gasteiger partial charge in [0.1, 0.15) is 0 Å². The van der Waals surface area contributed by atoms with Crippen LogP contribution in [0.3, 0.4) is 0 Å². The molecular weight excluding hydrogens is 374 g/mol. The maximum atomic E-state index is 12.9. The molecule has 7 heteroatoms. The lowest BCUT2D eigenvalue weighted by Crippen LogP contribution is -3.15. The molecule has 28 heavy (non-hydrogen) atoms. The highest BCUT2D eigenvalue weighted by molar-refractivity contribution is 7.89. The normalized spacial score (nSPS) is 20.6. The Morgan fingerprint density at radius 2 is 1.64 bits per heavy atom. The number of rotatable bonds is 5. The Hall–Kier alpha value is -1.44. The lowest BCUT2D eigenvalue weighted by Gasteiger charge is -2.34. The highest BCUT2D eigenvalue weighted by Gasteiger charge is 2.32. The minimum Gasteiger partial charge on any atom is -0.338 e. The molecule has 2 saturated heterocycles. The second kappa shape index (κ2) is 8.93. The molecule has 0 spiro atoms. The maximum Gasteiger partial charge on any atom is 0.277 e. The van der Waals surface area contributed by atoms with Gasteiger partial charge in [0, 0.05) is 13.1 Å². The molecule has 156 valence electrons. The van der Waals surface area contributed by atoms with Crippen molar-refractivity contribution in [2.45, 2.75) is 44.4 Å². The van der Waals surface area contributed by atoms with Gasteiger partial charge in [-0.3, -0.25) is 4.79 Å². The molecule has 0 aromatic heterocycles. The first-order valence-corrected chi connectivity index (χ1v) is 11.9. The van der Waals surface area contributed by atoms with Gasteiger partial charge in [-0.25, -0.2) is 8.42 Å². The minimum absolute atomic E-state index is 0.211. The van der Waals surface area contributed by atoms with Crippen LogP contribution < -0.4 is 4.90 Å². The van der Waals surface area contributed by atoms with Crippen LogP contribution in [0.5, 0.6) is 0 Å². The van der Waals surface area contributed by atoms with Crippen LogP contribution in [0, 0.1) is 5.92 Å². The fraction of sp³-hybridized carbons (Fsp3) is 0.667. The third-order valence-corrected chi connectivity index (χ3v) is 8.06. The van der Waals surface area contributed by atoms with Gasteiger partial charge in [-0.05, 0) is 42.4 Å². The second-order valence-electron chi connectivity index (χ2n) is 8.62. The zero-order valence-electron chi connectivity index (χ0n) is 17.4. The number of nitrogens with one attached hydrogen (secondary N) is 1. The van der Waals surface area contributed by atoms with Crippen molar-refractivity contribution >= 4 is 15.9 Å². The molecule has 2 fully saturated rings. The molecule has 6 nitrogen and oxygen atoms in total. The number of nitrogens with zero attached hydrogens (tertiary/aromatic N) is 2. The highest BCUT2D eigenvalue weighted by Crippen LogP contribution is 2.20. The SMILES string of the molecule is CC1CCN(C(=O)C[NH+]2CCN(S(=O)(=O)c3ccc(C(C)C)cc3)CC2)CC1. The lowest BCUT2D eigenvalue weighted by molar-refractivity contribution is -0.896. The number of quaternary nitrogens is 1. The molecule has 1 aromatic carbocycles. The number of piperidine rings is 1. The van der Waals surface area contributed by atoms with Gasteiger partial charge >= 0.3 is 0 Å². The molecule has 0 aliphatic carbocycles. The van der Waals surface area contributed by atoms with E-state index in [4.69, 9.17) is 0 Å². The summed E-state index contributed by atoms with van der Waals surface area (Å²) in [6.45, 7) is 10.9. The van der Waals surface area contributed by atoms with Crippen molar-refractivity contribution in [1.82, 2.24) is 9.21 Å². The van der Waals surface area contributed by atoms with Gasteiger partial charge in [0.15, 0.2) is 6.54 Å². The predicted octanol–water partition coefficient (Wildman–Crippen LogP) is 0.958. The van der Waals surface area contributed by atoms with Gasteiger partial charge in [-0.1, -0.05) is 32.9 Å². The average molecular weight is 409 g/mol. The summed E-state index contributed by atoms with van der Waals surface area (Å²) in [5, 5.41) is 0. The number of hydrogen-bond acceptors (Lipinski definition) is 3. The molecule has 2 heterocycles. The van der Waals surface area contributed by atoms with Crippen molar-refractivity contribution in [3.8, 4) is 0 Å². The molecule has 2 aliphatic heterocycles. The van der Waals surface area contributed by atoms with Crippen molar-refractivity contribution in [3.05, 3.63) is 29.8 Å². The Kier molecular flexibility index (Phi) is 6.78. The van der Waals surface area contributed by atoms with E-state index in [0.717, 1.165) is 31.5 Å². The Bertz CT molecular complexity index is 761. The van der Waals surface area contributed by atoms with E-state index in [1.807, 2.05) is 17.0 Å². The number of piperazine rings is 1. The highest BCUT2D eigenvalue weighted by atomic mass is 32.2. The van der Waals surface area contributed by atoms with Crippen LogP contribution in [0.2, 0.25) is 0 Å². The Morgan fingerprint density at radius 3 is 2.18 bits per heavy atom. The summed E-state index contributed by atoms with van der Waals surface area (Å²) in [6.07, 6.45) is 2.17. The number of likely N-dealkylation sites (tertiary alicyclic amines) is 1. The zero-order valence-corrected chi connectivity index (χ0v) is 18.2. The molecule has 3 rings (SSSR count). The maximum absolute atomic E-state index is 12.9. The number of carbonyl (C=O) groups is 1. The van der Waals surface area contributed by atoms with Gasteiger partial charge in [0.2, 0.25) is 10.0 Å². The van der Waals surface area contributed by atoms with Crippen molar-refractivity contribution in [3.63, 3.8) is 0 Å². The molecule has 1 N–H and O–H groups in total. The largest absolute Gasteiger partial charge is 0.338 e. The van der Waals surface area contributed by atoms with Gasteiger partial charge in [0.25, 0.3) is 5.91 Å². The Labute approximate surface area is 169 Å². The summed E-state index contributed by atoms with van der Waals surface area (Å²) in [5.74, 6) is 1.30. The van der Waals surface area contributed by atoms with Crippen LogP contribution in [0.25, 0.3) is 0 Å². The first-order chi connectivity index (χ1) is 13.3. The molecule has 0 atom stereocenters. The van der Waals surface area contributed by atoms with Crippen LogP contribution >= 0.6 is 0 Å². The van der Waals surface area contributed by atoms with Gasteiger partial charge in [-0.2, -0.15) is 4.31 Å². The fourth-order valence-corrected chi connectivity index (χ4v) is 5.42. The van der Waals surface area contributed by atoms with E-state index in [1.165, 1.54) is 4.90 Å². The average Bonchev–Trinajstić information content (AvgIpc) is 2.69. The number of amides is 1. The number of hydrogen-bond donors (Lipinski definition) is 1. The smallest absolute Gasteiger partial charge is 0.277 e. The van der Waals surface area contributed by atoms with Crippen LogP contribution in [0.4, 0.5) is 0 Å². The summed E-state index contributed by atoms with van der Waals surface area (Å²) in [7, 11) is -3.46. The van der Waals surface area contributed by atoms with Crippen molar-refractivity contribution < 1.29 is 18.1 Å². The van der Waals surface area contributed by atoms with Gasteiger partial charge in [0.05, 0.1) is 31.1 Å². The van der Waals surface area contributed by atoms with Crippen molar-refractivity contribution in [2.24, 2.45) is 5.92 Å². The standard InChI is InChI=1S/C21H33N3O3S/c1-17(2)19-4-6-20(7-5-19)28(26,27)24-14-12-22(13-15-24)16-21(25)23-10-8-18(3)9-11-23/h4-7,17-18H,8-16H2,1-3H3/p+1. The topological polar surface area (TPSA) is 62.1 Å². The second-order valence-corrected chi connectivity index (χ2v) is 10.6. The van der Waals surface area contributed by atoms with E-state index in [1.54, 1.807) is 16.4 Å². The fourth-order valence-electron chi connectivity index (χ4n) is 3.98. The van der Waals surface area contributed by atoms with E-state index in [9.17, 15) is 13.2 Å². The predicted molar refractivity (Wildman–Crippen MR) is 110 cm³/mol. The van der Waals surface area contributed by atoms with E-state index in [2.05, 4.69) is 20.8 Å². The van der Waals surface area contributed by atoms with E-state index < -0.39 is 10.0 Å². The molecule has 1 amide bonds. The Morgan fingerprint density at radius 1 is 1.07 bits per heavy atom. The molecule has 0 saturated carbocycles. The molecule has 2 aliphatic rings. The van der Waals surface area contributed by atoms with E-state index >= 15 is 0 Å². The Balaban J connectivity index is 1.53. The molecule has 1 aromatic rings. The monoisotopic (exact) mass is 408 g/mol.